The van der Waals surface area contributed by atoms with Crippen LogP contribution in [0.4, 0.5) is 0 Å². The number of methoxy groups -OCH3 is 1. The molecule has 0 bridgehead atoms. The molecule has 96 valence electrons. The summed E-state index contributed by atoms with van der Waals surface area (Å²) in [7, 11) is 1.26. The van der Waals surface area contributed by atoms with Crippen molar-refractivity contribution in [2.24, 2.45) is 5.16 Å². The van der Waals surface area contributed by atoms with E-state index < -0.39 is 17.7 Å². The number of hydrogen-bond acceptors (Lipinski definition) is 5. The predicted molar refractivity (Wildman–Crippen MR) is 65.1 cm³/mol. The Kier molecular flexibility index (Phi) is 3.34. The van der Waals surface area contributed by atoms with Gasteiger partial charge in [0.2, 0.25) is 0 Å². The Hall–Kier alpha value is -1.88. The quantitative estimate of drug-likeness (QED) is 0.815. The second-order valence-corrected chi connectivity index (χ2v) is 4.23. The first-order chi connectivity index (χ1) is 8.60. The van der Waals surface area contributed by atoms with Gasteiger partial charge < -0.3 is 14.7 Å². The minimum Gasteiger partial charge on any atom is -0.466 e. The Bertz CT molecular complexity index is 469. The van der Waals surface area contributed by atoms with E-state index in [0.717, 1.165) is 5.56 Å². The standard InChI is InChI=1S/C13H15NO4/c1-9(15)13(12(16)17-2)8-11(14-18-13)10-6-4-3-5-7-10/h3-7,9,15H,8H2,1-2H3/t9-,13+/m1/s1. The van der Waals surface area contributed by atoms with Gasteiger partial charge in [-0.2, -0.15) is 0 Å². The number of nitrogens with zero attached hydrogens (tertiary/aromatic N) is 1. The van der Waals surface area contributed by atoms with Gasteiger partial charge in [0.1, 0.15) is 6.10 Å². The SMILES string of the molecule is COC(=O)[C@@]1([C@@H](C)O)CC(c2ccccc2)=NO1. The Labute approximate surface area is 105 Å². The highest BCUT2D eigenvalue weighted by molar-refractivity contribution is 6.04. The van der Waals surface area contributed by atoms with Crippen molar-refractivity contribution in [1.82, 2.24) is 0 Å². The lowest BCUT2D eigenvalue weighted by Crippen LogP contribution is -2.49. The predicted octanol–water partition coefficient (Wildman–Crippen LogP) is 1.10. The molecular formula is C13H15NO4. The Morgan fingerprint density at radius 1 is 1.50 bits per heavy atom. The second kappa shape index (κ2) is 4.78. The van der Waals surface area contributed by atoms with Crippen LogP contribution in [0.5, 0.6) is 0 Å². The van der Waals surface area contributed by atoms with Gasteiger partial charge in [-0.3, -0.25) is 0 Å². The van der Waals surface area contributed by atoms with Crippen molar-refractivity contribution >= 4 is 11.7 Å². The summed E-state index contributed by atoms with van der Waals surface area (Å²) in [5.41, 5.74) is 0.0609. The molecular weight excluding hydrogens is 234 g/mol. The zero-order valence-electron chi connectivity index (χ0n) is 10.3. The largest absolute Gasteiger partial charge is 0.466 e. The zero-order chi connectivity index (χ0) is 13.2. The van der Waals surface area contributed by atoms with Gasteiger partial charge in [-0.25, -0.2) is 4.79 Å². The molecule has 1 aliphatic rings. The summed E-state index contributed by atoms with van der Waals surface area (Å²) in [6.07, 6.45) is -0.809. The normalized spacial score (nSPS) is 24.1. The fourth-order valence-corrected chi connectivity index (χ4v) is 1.91. The van der Waals surface area contributed by atoms with E-state index >= 15 is 0 Å². The Morgan fingerprint density at radius 2 is 2.17 bits per heavy atom. The van der Waals surface area contributed by atoms with Gasteiger partial charge in [0, 0.05) is 0 Å². The lowest BCUT2D eigenvalue weighted by atomic mass is 9.90. The Balaban J connectivity index is 2.25. The van der Waals surface area contributed by atoms with E-state index in [0.29, 0.717) is 5.71 Å². The zero-order valence-corrected chi connectivity index (χ0v) is 10.3. The highest BCUT2D eigenvalue weighted by atomic mass is 16.7. The molecule has 0 aliphatic carbocycles. The average Bonchev–Trinajstić information content (AvgIpc) is 2.85. The van der Waals surface area contributed by atoms with E-state index in [1.54, 1.807) is 0 Å². The third-order valence-corrected chi connectivity index (χ3v) is 3.06. The highest BCUT2D eigenvalue weighted by Gasteiger charge is 2.52. The maximum absolute atomic E-state index is 11.8. The van der Waals surface area contributed by atoms with Crippen LogP contribution in [0.3, 0.4) is 0 Å². The number of aliphatic hydroxyl groups excluding tert-OH is 1. The fourth-order valence-electron chi connectivity index (χ4n) is 1.91. The van der Waals surface area contributed by atoms with E-state index in [-0.39, 0.29) is 6.42 Å². The third kappa shape index (κ3) is 1.97. The van der Waals surface area contributed by atoms with Crippen molar-refractivity contribution < 1.29 is 19.5 Å². The molecule has 0 spiro atoms. The van der Waals surface area contributed by atoms with Gasteiger partial charge >= 0.3 is 5.97 Å². The summed E-state index contributed by atoms with van der Waals surface area (Å²) < 4.78 is 4.69. The van der Waals surface area contributed by atoms with Gasteiger partial charge in [0.25, 0.3) is 5.60 Å². The summed E-state index contributed by atoms with van der Waals surface area (Å²) in [5.74, 6) is -0.618. The lowest BCUT2D eigenvalue weighted by molar-refractivity contribution is -0.179. The minimum absolute atomic E-state index is 0.196. The molecule has 0 aromatic heterocycles. The maximum Gasteiger partial charge on any atom is 0.356 e. The average molecular weight is 249 g/mol. The second-order valence-electron chi connectivity index (χ2n) is 4.23. The van der Waals surface area contributed by atoms with Crippen LogP contribution in [-0.2, 0) is 14.4 Å². The summed E-state index contributed by atoms with van der Waals surface area (Å²) in [6, 6.07) is 9.38. The van der Waals surface area contributed by atoms with Crippen LogP contribution in [0, 0.1) is 0 Å². The Morgan fingerprint density at radius 3 is 2.72 bits per heavy atom. The summed E-state index contributed by atoms with van der Waals surface area (Å²) in [6.45, 7) is 1.49. The van der Waals surface area contributed by atoms with E-state index in [9.17, 15) is 9.90 Å². The van der Waals surface area contributed by atoms with Crippen molar-refractivity contribution in [3.63, 3.8) is 0 Å². The first-order valence-electron chi connectivity index (χ1n) is 5.67. The van der Waals surface area contributed by atoms with Crippen molar-refractivity contribution in [2.75, 3.05) is 7.11 Å². The van der Waals surface area contributed by atoms with Crippen molar-refractivity contribution in [1.29, 1.82) is 0 Å². The van der Waals surface area contributed by atoms with Crippen molar-refractivity contribution in [3.05, 3.63) is 35.9 Å². The van der Waals surface area contributed by atoms with E-state index in [1.165, 1.54) is 14.0 Å². The molecule has 5 nitrogen and oxygen atoms in total. The van der Waals surface area contributed by atoms with Crippen LogP contribution in [0.15, 0.2) is 35.5 Å². The molecule has 1 N–H and O–H groups in total. The molecule has 2 atom stereocenters. The van der Waals surface area contributed by atoms with Crippen LogP contribution >= 0.6 is 0 Å². The van der Waals surface area contributed by atoms with Crippen LogP contribution in [0.1, 0.15) is 18.9 Å². The molecule has 0 saturated carbocycles. The number of esters is 1. The fraction of sp³-hybridized carbons (Fsp3) is 0.385. The molecule has 18 heavy (non-hydrogen) atoms. The third-order valence-electron chi connectivity index (χ3n) is 3.06. The van der Waals surface area contributed by atoms with E-state index in [4.69, 9.17) is 4.84 Å². The number of ether oxygens (including phenoxy) is 1. The molecule has 0 fully saturated rings. The number of carbonyl (C=O) groups is 1. The lowest BCUT2D eigenvalue weighted by Gasteiger charge is -2.26. The van der Waals surface area contributed by atoms with Gasteiger partial charge in [-0.05, 0) is 12.5 Å². The van der Waals surface area contributed by atoms with Crippen LogP contribution in [0.2, 0.25) is 0 Å². The molecule has 1 aromatic carbocycles. The molecule has 0 amide bonds. The topological polar surface area (TPSA) is 68.1 Å². The molecule has 5 heteroatoms. The summed E-state index contributed by atoms with van der Waals surface area (Å²) >= 11 is 0. The molecule has 0 radical (unpaired) electrons. The molecule has 2 rings (SSSR count). The summed E-state index contributed by atoms with van der Waals surface area (Å²) in [5, 5.41) is 13.7. The number of carbonyl (C=O) groups excluding carboxylic acids is 1. The van der Waals surface area contributed by atoms with E-state index in [2.05, 4.69) is 9.89 Å². The van der Waals surface area contributed by atoms with Crippen LogP contribution in [-0.4, -0.2) is 35.6 Å². The van der Waals surface area contributed by atoms with E-state index in [1.807, 2.05) is 30.3 Å². The number of rotatable bonds is 3. The molecule has 1 aromatic rings. The smallest absolute Gasteiger partial charge is 0.356 e. The number of oxime groups is 1. The van der Waals surface area contributed by atoms with Crippen LogP contribution < -0.4 is 0 Å². The minimum atomic E-state index is -1.43. The molecule has 1 heterocycles. The maximum atomic E-state index is 11.8. The molecule has 0 unspecified atom stereocenters. The molecule has 1 aliphatic heterocycles. The summed E-state index contributed by atoms with van der Waals surface area (Å²) in [4.78, 5) is 17.0. The first-order valence-corrected chi connectivity index (χ1v) is 5.67. The first kappa shape index (κ1) is 12.6. The number of hydrogen-bond donors (Lipinski definition) is 1. The highest BCUT2D eigenvalue weighted by Crippen LogP contribution is 2.31. The van der Waals surface area contributed by atoms with Crippen LogP contribution in [0.25, 0.3) is 0 Å². The van der Waals surface area contributed by atoms with Gasteiger partial charge in [0.05, 0.1) is 19.2 Å². The van der Waals surface area contributed by atoms with Gasteiger partial charge in [0.15, 0.2) is 0 Å². The van der Waals surface area contributed by atoms with Gasteiger partial charge in [-0.1, -0.05) is 35.5 Å². The van der Waals surface area contributed by atoms with Crippen molar-refractivity contribution in [3.8, 4) is 0 Å². The monoisotopic (exact) mass is 249 g/mol. The van der Waals surface area contributed by atoms with Gasteiger partial charge in [-0.15, -0.1) is 0 Å². The number of aliphatic hydroxyl groups is 1. The molecule has 0 saturated heterocycles. The van der Waals surface area contributed by atoms with Crippen molar-refractivity contribution in [2.45, 2.75) is 25.0 Å². The number of benzene rings is 1.